The number of aryl methyl sites for hydroxylation is 1. The van der Waals surface area contributed by atoms with E-state index in [0.29, 0.717) is 6.10 Å². The third kappa shape index (κ3) is 4.76. The van der Waals surface area contributed by atoms with Crippen LogP contribution in [0.5, 0.6) is 5.75 Å². The molecule has 1 saturated carbocycles. The monoisotopic (exact) mass is 400 g/mol. The Balaban J connectivity index is 1.64. The third-order valence-electron chi connectivity index (χ3n) is 5.58. The maximum absolute atomic E-state index is 6.43. The zero-order valence-electron chi connectivity index (χ0n) is 17.1. The summed E-state index contributed by atoms with van der Waals surface area (Å²) in [6.45, 7) is 5.92. The molecule has 1 nitrogen and oxygen atoms in total. The summed E-state index contributed by atoms with van der Waals surface area (Å²) in [6.07, 6.45) is 12.6. The van der Waals surface area contributed by atoms with E-state index in [2.05, 4.69) is 74.2 Å². The number of hydrogen-bond donors (Lipinski definition) is 0. The molecule has 2 heteroatoms. The number of rotatable bonds is 6. The minimum Gasteiger partial charge on any atom is -0.490 e. The Labute approximate surface area is 178 Å². The predicted octanol–water partition coefficient (Wildman–Crippen LogP) is 8.21. The highest BCUT2D eigenvalue weighted by Gasteiger charge is 2.17. The minimum absolute atomic E-state index is 0.363. The first-order valence-electron chi connectivity index (χ1n) is 10.5. The van der Waals surface area contributed by atoms with Gasteiger partial charge in [-0.05, 0) is 73.4 Å². The summed E-state index contributed by atoms with van der Waals surface area (Å²) < 4.78 is 6.43. The van der Waals surface area contributed by atoms with Crippen molar-refractivity contribution < 1.29 is 4.74 Å². The lowest BCUT2D eigenvalue weighted by Gasteiger charge is -2.24. The summed E-state index contributed by atoms with van der Waals surface area (Å²) in [4.78, 5) is 2.50. The molecule has 3 aromatic rings. The molecule has 1 aliphatic rings. The van der Waals surface area contributed by atoms with E-state index in [0.717, 1.165) is 5.75 Å². The van der Waals surface area contributed by atoms with E-state index in [-0.39, 0.29) is 0 Å². The van der Waals surface area contributed by atoms with Crippen molar-refractivity contribution in [1.82, 2.24) is 0 Å². The fourth-order valence-corrected chi connectivity index (χ4v) is 4.96. The fourth-order valence-electron chi connectivity index (χ4n) is 3.96. The van der Waals surface area contributed by atoms with Gasteiger partial charge in [0.2, 0.25) is 0 Å². The molecule has 0 amide bonds. The first kappa shape index (κ1) is 19.8. The Bertz CT molecular complexity index is 1030. The molecule has 0 aromatic heterocycles. The zero-order chi connectivity index (χ0) is 20.1. The second-order valence-corrected chi connectivity index (χ2v) is 8.82. The Morgan fingerprint density at radius 1 is 0.966 bits per heavy atom. The van der Waals surface area contributed by atoms with Crippen molar-refractivity contribution in [3.8, 4) is 5.75 Å². The van der Waals surface area contributed by atoms with Crippen molar-refractivity contribution in [2.45, 2.75) is 54.9 Å². The normalized spacial score (nSPS) is 15.1. The van der Waals surface area contributed by atoms with Gasteiger partial charge in [0, 0.05) is 15.2 Å². The molecule has 0 unspecified atom stereocenters. The van der Waals surface area contributed by atoms with E-state index in [1.807, 2.05) is 23.9 Å². The van der Waals surface area contributed by atoms with Crippen LogP contribution in [0.3, 0.4) is 0 Å². The van der Waals surface area contributed by atoms with E-state index < -0.39 is 0 Å². The van der Waals surface area contributed by atoms with Crippen LogP contribution in [0.25, 0.3) is 16.8 Å². The van der Waals surface area contributed by atoms with Gasteiger partial charge >= 0.3 is 0 Å². The van der Waals surface area contributed by atoms with Gasteiger partial charge in [-0.15, -0.1) is 0 Å². The Kier molecular flexibility index (Phi) is 6.41. The summed E-state index contributed by atoms with van der Waals surface area (Å²) in [7, 11) is 0. The van der Waals surface area contributed by atoms with Gasteiger partial charge < -0.3 is 4.74 Å². The molecule has 0 spiro atoms. The van der Waals surface area contributed by atoms with Crippen molar-refractivity contribution in [1.29, 1.82) is 0 Å². The molecule has 0 heterocycles. The molecule has 0 bridgehead atoms. The molecular weight excluding hydrogens is 372 g/mol. The lowest BCUT2D eigenvalue weighted by Crippen LogP contribution is -2.19. The topological polar surface area (TPSA) is 9.23 Å². The second-order valence-electron chi connectivity index (χ2n) is 7.70. The van der Waals surface area contributed by atoms with Crippen molar-refractivity contribution >= 4 is 28.6 Å². The van der Waals surface area contributed by atoms with Gasteiger partial charge in [-0.25, -0.2) is 0 Å². The van der Waals surface area contributed by atoms with Gasteiger partial charge in [0.05, 0.1) is 6.10 Å². The van der Waals surface area contributed by atoms with Crippen LogP contribution in [0.15, 0.2) is 83.1 Å². The van der Waals surface area contributed by atoms with Crippen LogP contribution in [0, 0.1) is 6.92 Å². The van der Waals surface area contributed by atoms with Crippen LogP contribution in [0.4, 0.5) is 0 Å². The highest BCUT2D eigenvalue weighted by molar-refractivity contribution is 7.99. The van der Waals surface area contributed by atoms with Crippen molar-refractivity contribution in [3.63, 3.8) is 0 Å². The zero-order valence-corrected chi connectivity index (χ0v) is 17.9. The van der Waals surface area contributed by atoms with E-state index in [4.69, 9.17) is 4.74 Å². The van der Waals surface area contributed by atoms with Gasteiger partial charge in [0.1, 0.15) is 5.75 Å². The molecule has 148 valence electrons. The van der Waals surface area contributed by atoms with Gasteiger partial charge in [-0.1, -0.05) is 73.3 Å². The lowest BCUT2D eigenvalue weighted by molar-refractivity contribution is 0.157. The summed E-state index contributed by atoms with van der Waals surface area (Å²) in [5.74, 6) is 1.02. The summed E-state index contributed by atoms with van der Waals surface area (Å²) in [6, 6.07) is 19.6. The first-order chi connectivity index (χ1) is 14.2. The van der Waals surface area contributed by atoms with Gasteiger partial charge in [0.15, 0.2) is 0 Å². The number of hydrogen-bond acceptors (Lipinski definition) is 2. The van der Waals surface area contributed by atoms with Crippen molar-refractivity contribution in [3.05, 3.63) is 84.5 Å². The molecule has 0 atom stereocenters. The molecular formula is C27H28OS. The van der Waals surface area contributed by atoms with Crippen LogP contribution < -0.4 is 4.74 Å². The van der Waals surface area contributed by atoms with E-state index in [1.165, 1.54) is 63.8 Å². The number of allylic oxidation sites excluding steroid dienone is 2. The SMILES string of the molecule is C=C/C=C\c1cc(Sc2ccc(OC3CCCCC3)c3ccccc23)ccc1C. The maximum Gasteiger partial charge on any atom is 0.127 e. The van der Waals surface area contributed by atoms with Gasteiger partial charge in [0.25, 0.3) is 0 Å². The Morgan fingerprint density at radius 2 is 1.76 bits per heavy atom. The van der Waals surface area contributed by atoms with Crippen molar-refractivity contribution in [2.24, 2.45) is 0 Å². The smallest absolute Gasteiger partial charge is 0.127 e. The van der Waals surface area contributed by atoms with Gasteiger partial charge in [-0.2, -0.15) is 0 Å². The second kappa shape index (κ2) is 9.37. The van der Waals surface area contributed by atoms with Crippen LogP contribution in [-0.4, -0.2) is 6.10 Å². The highest BCUT2D eigenvalue weighted by atomic mass is 32.2. The molecule has 0 aliphatic heterocycles. The van der Waals surface area contributed by atoms with Crippen LogP contribution in [-0.2, 0) is 0 Å². The number of benzene rings is 3. The first-order valence-corrected chi connectivity index (χ1v) is 11.3. The summed E-state index contributed by atoms with van der Waals surface area (Å²) in [5, 5.41) is 2.47. The highest BCUT2D eigenvalue weighted by Crippen LogP contribution is 2.39. The molecule has 4 rings (SSSR count). The predicted molar refractivity (Wildman–Crippen MR) is 126 cm³/mol. The van der Waals surface area contributed by atoms with Crippen molar-refractivity contribution in [2.75, 3.05) is 0 Å². The fraction of sp³-hybridized carbons (Fsp3) is 0.259. The van der Waals surface area contributed by atoms with Crippen LogP contribution >= 0.6 is 11.8 Å². The average Bonchev–Trinajstić information content (AvgIpc) is 2.76. The molecule has 0 radical (unpaired) electrons. The molecule has 29 heavy (non-hydrogen) atoms. The standard InChI is InChI=1S/C27H28OS/c1-3-4-10-21-19-23(16-15-20(21)2)29-27-18-17-26(24-13-8-9-14-25(24)27)28-22-11-6-5-7-12-22/h3-4,8-10,13-19,22H,1,5-7,11-12H2,2H3/b10-4-. The summed E-state index contributed by atoms with van der Waals surface area (Å²) >= 11 is 1.81. The minimum atomic E-state index is 0.363. The number of fused-ring (bicyclic) bond motifs is 1. The molecule has 3 aromatic carbocycles. The van der Waals surface area contributed by atoms with Gasteiger partial charge in [-0.3, -0.25) is 0 Å². The molecule has 0 N–H and O–H groups in total. The average molecular weight is 401 g/mol. The van der Waals surface area contributed by atoms with Crippen LogP contribution in [0.1, 0.15) is 43.2 Å². The largest absolute Gasteiger partial charge is 0.490 e. The molecule has 1 aliphatic carbocycles. The van der Waals surface area contributed by atoms with E-state index in [1.54, 1.807) is 0 Å². The lowest BCUT2D eigenvalue weighted by atomic mass is 9.97. The van der Waals surface area contributed by atoms with E-state index in [9.17, 15) is 0 Å². The number of ether oxygens (including phenoxy) is 1. The summed E-state index contributed by atoms with van der Waals surface area (Å²) in [5.41, 5.74) is 2.50. The van der Waals surface area contributed by atoms with E-state index >= 15 is 0 Å². The third-order valence-corrected chi connectivity index (χ3v) is 6.65. The quantitative estimate of drug-likeness (QED) is 0.386. The molecule has 0 saturated heterocycles. The maximum atomic E-state index is 6.43. The molecule has 1 fully saturated rings. The van der Waals surface area contributed by atoms with Crippen LogP contribution in [0.2, 0.25) is 0 Å². The Hall–Kier alpha value is -2.45. The Morgan fingerprint density at radius 3 is 2.55 bits per heavy atom.